The van der Waals surface area contributed by atoms with Gasteiger partial charge in [0.1, 0.15) is 35.0 Å². The Morgan fingerprint density at radius 3 is 2.84 bits per heavy atom. The lowest BCUT2D eigenvalue weighted by atomic mass is 9.90. The molecule has 0 amide bonds. The molecule has 11 nitrogen and oxygen atoms in total. The van der Waals surface area contributed by atoms with Gasteiger partial charge in [0.15, 0.2) is 11.5 Å². The van der Waals surface area contributed by atoms with E-state index in [1.807, 2.05) is 6.08 Å². The van der Waals surface area contributed by atoms with Crippen molar-refractivity contribution < 1.29 is 13.9 Å². The van der Waals surface area contributed by atoms with Crippen LogP contribution < -0.4 is 10.9 Å². The number of carbonyl (C=O) groups is 1. The number of hydrogen-bond acceptors (Lipinski definition) is 9. The first-order valence-corrected chi connectivity index (χ1v) is 9.34. The van der Waals surface area contributed by atoms with E-state index in [4.69, 9.17) is 4.74 Å². The normalized spacial score (nSPS) is 13.7. The van der Waals surface area contributed by atoms with Gasteiger partial charge in [0.2, 0.25) is 0 Å². The Balaban J connectivity index is 1.80. The number of rotatable bonds is 5. The first-order valence-electron chi connectivity index (χ1n) is 9.34. The number of nitrogens with one attached hydrogen (secondary N) is 2. The minimum absolute atomic E-state index is 0.0176. The van der Waals surface area contributed by atoms with Crippen LogP contribution in [0, 0.1) is 5.82 Å². The Hall–Kier alpha value is -3.96. The Kier molecular flexibility index (Phi) is 5.05. The minimum Gasteiger partial charge on any atom is -0.468 e. The molecule has 0 atom stereocenters. The highest BCUT2D eigenvalue weighted by Gasteiger charge is 2.36. The van der Waals surface area contributed by atoms with Gasteiger partial charge >= 0.3 is 5.97 Å². The second-order valence-corrected chi connectivity index (χ2v) is 7.33. The zero-order valence-electron chi connectivity index (χ0n) is 17.0. The van der Waals surface area contributed by atoms with Crippen molar-refractivity contribution >= 4 is 22.8 Å². The van der Waals surface area contributed by atoms with Crippen LogP contribution in [0.2, 0.25) is 0 Å². The van der Waals surface area contributed by atoms with Crippen molar-refractivity contribution in [1.82, 2.24) is 35.3 Å². The summed E-state index contributed by atoms with van der Waals surface area (Å²) in [6, 6.07) is 1.25. The number of esters is 1. The zero-order valence-corrected chi connectivity index (χ0v) is 17.0. The topological polar surface area (TPSA) is 140 Å². The third kappa shape index (κ3) is 3.67. The molecule has 12 heteroatoms. The van der Waals surface area contributed by atoms with Gasteiger partial charge in [-0.15, -0.1) is 10.2 Å². The molecule has 0 fully saturated rings. The van der Waals surface area contributed by atoms with E-state index in [1.54, 1.807) is 6.20 Å². The molecule has 0 unspecified atom stereocenters. The van der Waals surface area contributed by atoms with E-state index < -0.39 is 22.8 Å². The molecule has 0 saturated heterocycles. The fourth-order valence-electron chi connectivity index (χ4n) is 3.18. The van der Waals surface area contributed by atoms with Crippen LogP contribution >= 0.6 is 0 Å². The zero-order chi connectivity index (χ0) is 22.2. The number of amidine groups is 1. The standard InChI is InChI=1S/C19H19FN8O3/c1-19(2,18(30)31-3)14-17(29)24-15(26-25-14)13-11-7-10(20)8-23-16(11)28(27-13)9-12-21-5-4-6-22-12/h4-5,7-8H,6,9H2,1-3H3,(H,21,22)(H,24,26,29). The predicted octanol–water partition coefficient (Wildman–Crippen LogP) is 0.682. The molecular weight excluding hydrogens is 407 g/mol. The average Bonchev–Trinajstić information content (AvgIpc) is 3.10. The molecule has 160 valence electrons. The Bertz CT molecular complexity index is 1290. The second-order valence-electron chi connectivity index (χ2n) is 7.33. The van der Waals surface area contributed by atoms with Crippen LogP contribution in [-0.2, 0) is 21.5 Å². The number of pyridine rings is 1. The number of fused-ring (bicyclic) bond motifs is 1. The van der Waals surface area contributed by atoms with Crippen molar-refractivity contribution in [2.24, 2.45) is 4.99 Å². The number of hydrogen-bond donors (Lipinski definition) is 2. The van der Waals surface area contributed by atoms with Gasteiger partial charge in [-0.25, -0.2) is 14.1 Å². The van der Waals surface area contributed by atoms with Crippen LogP contribution in [0.3, 0.4) is 0 Å². The molecule has 1 aliphatic heterocycles. The van der Waals surface area contributed by atoms with E-state index in [1.165, 1.54) is 31.7 Å². The third-order valence-corrected chi connectivity index (χ3v) is 4.82. The van der Waals surface area contributed by atoms with E-state index in [-0.39, 0.29) is 23.8 Å². The van der Waals surface area contributed by atoms with E-state index >= 15 is 0 Å². The fraction of sp³-hybridized carbons (Fsp3) is 0.316. The summed E-state index contributed by atoms with van der Waals surface area (Å²) in [5.74, 6) is -0.526. The number of halogens is 1. The molecule has 31 heavy (non-hydrogen) atoms. The summed E-state index contributed by atoms with van der Waals surface area (Å²) in [6.07, 6.45) is 4.71. The van der Waals surface area contributed by atoms with Crippen molar-refractivity contribution in [1.29, 1.82) is 0 Å². The lowest BCUT2D eigenvalue weighted by Crippen LogP contribution is -2.38. The molecule has 3 aromatic heterocycles. The Morgan fingerprint density at radius 1 is 1.35 bits per heavy atom. The number of ether oxygens (including phenoxy) is 1. The number of methoxy groups -OCH3 is 1. The molecule has 0 radical (unpaired) electrons. The summed E-state index contributed by atoms with van der Waals surface area (Å²) >= 11 is 0. The van der Waals surface area contributed by atoms with Crippen LogP contribution in [0.15, 0.2) is 34.3 Å². The molecule has 0 saturated carbocycles. The molecule has 3 aromatic rings. The van der Waals surface area contributed by atoms with Gasteiger partial charge in [0.05, 0.1) is 25.2 Å². The van der Waals surface area contributed by atoms with Crippen LogP contribution in [0.5, 0.6) is 0 Å². The lowest BCUT2D eigenvalue weighted by Gasteiger charge is -2.18. The van der Waals surface area contributed by atoms with Crippen LogP contribution in [0.25, 0.3) is 22.6 Å². The molecule has 4 rings (SSSR count). The van der Waals surface area contributed by atoms with E-state index in [9.17, 15) is 14.0 Å². The molecular formula is C19H19FN8O3. The van der Waals surface area contributed by atoms with Crippen LogP contribution in [-0.4, -0.2) is 55.4 Å². The average molecular weight is 426 g/mol. The maximum Gasteiger partial charge on any atom is 0.317 e. The largest absolute Gasteiger partial charge is 0.468 e. The minimum atomic E-state index is -1.30. The van der Waals surface area contributed by atoms with Gasteiger partial charge in [-0.3, -0.25) is 14.6 Å². The number of H-pyrrole nitrogens is 1. The summed E-state index contributed by atoms with van der Waals surface area (Å²) < 4.78 is 20.2. The van der Waals surface area contributed by atoms with Gasteiger partial charge in [0.25, 0.3) is 5.56 Å². The Labute approximate surface area is 175 Å². The molecule has 0 spiro atoms. The number of nitrogens with zero attached hydrogens (tertiary/aromatic N) is 6. The quantitative estimate of drug-likeness (QED) is 0.568. The van der Waals surface area contributed by atoms with Crippen molar-refractivity contribution in [3.05, 3.63) is 46.4 Å². The summed E-state index contributed by atoms with van der Waals surface area (Å²) in [5, 5.41) is 15.8. The summed E-state index contributed by atoms with van der Waals surface area (Å²) in [5.41, 5.74) is -1.46. The van der Waals surface area contributed by atoms with Crippen LogP contribution in [0.1, 0.15) is 19.5 Å². The predicted molar refractivity (Wildman–Crippen MR) is 109 cm³/mol. The van der Waals surface area contributed by atoms with Gasteiger partial charge in [-0.05, 0) is 26.0 Å². The SMILES string of the molecule is COC(=O)C(C)(C)c1nnc(-c2nn(CC3=NCC=CN3)c3ncc(F)cc23)[nH]c1=O. The van der Waals surface area contributed by atoms with Gasteiger partial charge in [-0.1, -0.05) is 0 Å². The van der Waals surface area contributed by atoms with Crippen molar-refractivity contribution in [3.63, 3.8) is 0 Å². The first kappa shape index (κ1) is 20.3. The molecule has 4 heterocycles. The van der Waals surface area contributed by atoms with E-state index in [0.717, 1.165) is 6.20 Å². The highest BCUT2D eigenvalue weighted by atomic mass is 19.1. The lowest BCUT2D eigenvalue weighted by molar-refractivity contribution is -0.146. The maximum absolute atomic E-state index is 13.9. The number of aromatic nitrogens is 6. The maximum atomic E-state index is 13.9. The van der Waals surface area contributed by atoms with Gasteiger partial charge in [-0.2, -0.15) is 5.10 Å². The highest BCUT2D eigenvalue weighted by molar-refractivity contribution is 5.91. The van der Waals surface area contributed by atoms with E-state index in [2.05, 4.69) is 35.6 Å². The van der Waals surface area contributed by atoms with Crippen molar-refractivity contribution in [2.45, 2.75) is 25.8 Å². The van der Waals surface area contributed by atoms with Crippen molar-refractivity contribution in [2.75, 3.05) is 13.7 Å². The van der Waals surface area contributed by atoms with Crippen molar-refractivity contribution in [3.8, 4) is 11.5 Å². The Morgan fingerprint density at radius 2 is 2.16 bits per heavy atom. The highest BCUT2D eigenvalue weighted by Crippen LogP contribution is 2.25. The summed E-state index contributed by atoms with van der Waals surface area (Å²) in [7, 11) is 1.22. The number of aliphatic imine (C=N–C) groups is 1. The first-order chi connectivity index (χ1) is 14.8. The molecule has 0 aromatic carbocycles. The molecule has 2 N–H and O–H groups in total. The molecule has 0 aliphatic carbocycles. The number of carbonyl (C=O) groups excluding carboxylic acids is 1. The smallest absolute Gasteiger partial charge is 0.317 e. The fourth-order valence-corrected chi connectivity index (χ4v) is 3.18. The third-order valence-electron chi connectivity index (χ3n) is 4.82. The van der Waals surface area contributed by atoms with Crippen LogP contribution in [0.4, 0.5) is 4.39 Å². The van der Waals surface area contributed by atoms with E-state index in [0.29, 0.717) is 23.4 Å². The molecule has 1 aliphatic rings. The van der Waals surface area contributed by atoms with Gasteiger partial charge in [0, 0.05) is 6.20 Å². The summed E-state index contributed by atoms with van der Waals surface area (Å²) in [6.45, 7) is 3.80. The second kappa shape index (κ2) is 7.70. The number of aromatic amines is 1. The van der Waals surface area contributed by atoms with Gasteiger partial charge < -0.3 is 15.0 Å². The monoisotopic (exact) mass is 426 g/mol. The summed E-state index contributed by atoms with van der Waals surface area (Å²) in [4.78, 5) is 35.7. The molecule has 0 bridgehead atoms.